The number of rotatable bonds is 4. The van der Waals surface area contributed by atoms with Crippen LogP contribution in [0.4, 0.5) is 0 Å². The topological polar surface area (TPSA) is 49.4 Å². The fourth-order valence-electron chi connectivity index (χ4n) is 9.29. The fraction of sp³-hybridized carbons (Fsp3) is 0.920. The number of carbonyl (C=O) groups excluding carboxylic acids is 2. The summed E-state index contributed by atoms with van der Waals surface area (Å²) in [6.45, 7) is 3.00. The molecule has 1 saturated heterocycles. The average molecular weight is 399 g/mol. The van der Waals surface area contributed by atoms with Gasteiger partial charge in [-0.05, 0) is 113 Å². The number of nitrogens with one attached hydrogen (secondary N) is 1. The summed E-state index contributed by atoms with van der Waals surface area (Å²) in [6.07, 6.45) is 14.7. The van der Waals surface area contributed by atoms with Crippen molar-refractivity contribution in [2.24, 2.45) is 40.9 Å². The van der Waals surface area contributed by atoms with Gasteiger partial charge < -0.3 is 10.2 Å². The van der Waals surface area contributed by atoms with E-state index in [1.807, 2.05) is 4.90 Å². The minimum atomic E-state index is -0.212. The highest BCUT2D eigenvalue weighted by atomic mass is 16.2. The van der Waals surface area contributed by atoms with Crippen LogP contribution in [0.15, 0.2) is 0 Å². The molecule has 29 heavy (non-hydrogen) atoms. The predicted molar refractivity (Wildman–Crippen MR) is 112 cm³/mol. The molecule has 0 aromatic rings. The van der Waals surface area contributed by atoms with E-state index in [-0.39, 0.29) is 23.4 Å². The molecule has 0 radical (unpaired) electrons. The molecule has 4 nitrogen and oxygen atoms in total. The minimum absolute atomic E-state index is 0.117. The molecule has 1 heterocycles. The summed E-state index contributed by atoms with van der Waals surface area (Å²) < 4.78 is 0. The highest BCUT2D eigenvalue weighted by molar-refractivity contribution is 5.91. The molecule has 6 bridgehead atoms. The SMILES string of the molecule is CC(NC(=O)C1CCCN1C(=O)C12CC3CC(CC(C3)C1)C2)C1CC2CCC1C2. The normalized spacial score (nSPS) is 48.3. The Morgan fingerprint density at radius 3 is 2.17 bits per heavy atom. The molecule has 2 amide bonds. The smallest absolute Gasteiger partial charge is 0.243 e. The number of hydrogen-bond donors (Lipinski definition) is 1. The van der Waals surface area contributed by atoms with Gasteiger partial charge in [0.25, 0.3) is 0 Å². The zero-order chi connectivity index (χ0) is 19.8. The van der Waals surface area contributed by atoms with Crippen LogP contribution in [0.1, 0.15) is 84.0 Å². The highest BCUT2D eigenvalue weighted by Crippen LogP contribution is 2.60. The third-order valence-corrected chi connectivity index (χ3v) is 10.1. The Morgan fingerprint density at radius 2 is 1.59 bits per heavy atom. The maximum atomic E-state index is 13.8. The van der Waals surface area contributed by atoms with Gasteiger partial charge in [-0.1, -0.05) is 6.42 Å². The minimum Gasteiger partial charge on any atom is -0.352 e. The number of fused-ring (bicyclic) bond motifs is 2. The van der Waals surface area contributed by atoms with E-state index >= 15 is 0 Å². The van der Waals surface area contributed by atoms with Crippen molar-refractivity contribution in [1.82, 2.24) is 10.2 Å². The molecule has 7 aliphatic rings. The first-order valence-electron chi connectivity index (χ1n) is 12.6. The van der Waals surface area contributed by atoms with Crippen molar-refractivity contribution in [2.75, 3.05) is 6.54 Å². The summed E-state index contributed by atoms with van der Waals surface area (Å²) in [5, 5.41) is 3.37. The van der Waals surface area contributed by atoms with Gasteiger partial charge in [-0.15, -0.1) is 0 Å². The van der Waals surface area contributed by atoms with Gasteiger partial charge in [-0.3, -0.25) is 9.59 Å². The molecule has 160 valence electrons. The quantitative estimate of drug-likeness (QED) is 0.774. The number of hydrogen-bond acceptors (Lipinski definition) is 2. The van der Waals surface area contributed by atoms with E-state index in [1.54, 1.807) is 0 Å². The van der Waals surface area contributed by atoms with Gasteiger partial charge in [0.1, 0.15) is 6.04 Å². The Bertz CT molecular complexity index is 668. The van der Waals surface area contributed by atoms with Gasteiger partial charge in [-0.25, -0.2) is 0 Å². The maximum Gasteiger partial charge on any atom is 0.243 e. The second-order valence-electron chi connectivity index (χ2n) is 12.0. The van der Waals surface area contributed by atoms with Gasteiger partial charge in [-0.2, -0.15) is 0 Å². The Hall–Kier alpha value is -1.06. The van der Waals surface area contributed by atoms with Crippen LogP contribution < -0.4 is 5.32 Å². The van der Waals surface area contributed by atoms with E-state index in [4.69, 9.17) is 0 Å². The Labute approximate surface area is 175 Å². The molecule has 0 spiro atoms. The summed E-state index contributed by atoms with van der Waals surface area (Å²) in [4.78, 5) is 29.1. The van der Waals surface area contributed by atoms with Crippen LogP contribution in [0, 0.1) is 40.9 Å². The lowest BCUT2D eigenvalue weighted by Gasteiger charge is -2.56. The van der Waals surface area contributed by atoms with Crippen LogP contribution in [-0.4, -0.2) is 35.3 Å². The molecule has 1 N–H and O–H groups in total. The van der Waals surface area contributed by atoms with Crippen LogP contribution in [-0.2, 0) is 9.59 Å². The van der Waals surface area contributed by atoms with Gasteiger partial charge in [0.2, 0.25) is 11.8 Å². The maximum absolute atomic E-state index is 13.8. The van der Waals surface area contributed by atoms with E-state index in [9.17, 15) is 9.59 Å². The highest BCUT2D eigenvalue weighted by Gasteiger charge is 2.57. The van der Waals surface area contributed by atoms with E-state index in [1.165, 1.54) is 44.9 Å². The van der Waals surface area contributed by atoms with Crippen molar-refractivity contribution in [1.29, 1.82) is 0 Å². The second kappa shape index (κ2) is 6.72. The monoisotopic (exact) mass is 398 g/mol. The van der Waals surface area contributed by atoms with E-state index in [2.05, 4.69) is 12.2 Å². The Kier molecular flexibility index (Phi) is 4.33. The molecule has 6 aliphatic carbocycles. The lowest BCUT2D eigenvalue weighted by Crippen LogP contribution is -2.58. The molecule has 5 atom stereocenters. The summed E-state index contributed by atoms with van der Waals surface area (Å²) in [5.74, 6) is 5.20. The first-order chi connectivity index (χ1) is 14.0. The lowest BCUT2D eigenvalue weighted by molar-refractivity contribution is -0.160. The molecule has 7 fully saturated rings. The lowest BCUT2D eigenvalue weighted by atomic mass is 9.49. The standard InChI is InChI=1S/C25H38N2O2/c1-15(21-11-16-4-5-20(21)10-16)26-23(28)22-3-2-6-27(22)24(29)25-12-17-7-18(13-25)9-19(8-17)14-25/h15-22H,2-14H2,1H3,(H,26,28). The number of likely N-dealkylation sites (tertiary alicyclic amines) is 1. The molecule has 0 aromatic carbocycles. The van der Waals surface area contributed by atoms with Crippen LogP contribution in [0.3, 0.4) is 0 Å². The zero-order valence-electron chi connectivity index (χ0n) is 18.1. The molecular formula is C25H38N2O2. The van der Waals surface area contributed by atoms with E-state index in [0.29, 0.717) is 11.8 Å². The van der Waals surface area contributed by atoms with Gasteiger partial charge in [0.05, 0.1) is 5.41 Å². The molecule has 1 aliphatic heterocycles. The van der Waals surface area contributed by atoms with Crippen molar-refractivity contribution >= 4 is 11.8 Å². The Balaban J connectivity index is 1.14. The van der Waals surface area contributed by atoms with Crippen molar-refractivity contribution in [3.8, 4) is 0 Å². The number of nitrogens with zero attached hydrogens (tertiary/aromatic N) is 1. The van der Waals surface area contributed by atoms with Crippen molar-refractivity contribution < 1.29 is 9.59 Å². The van der Waals surface area contributed by atoms with Crippen molar-refractivity contribution in [3.63, 3.8) is 0 Å². The zero-order valence-corrected chi connectivity index (χ0v) is 18.1. The molecule has 6 saturated carbocycles. The van der Waals surface area contributed by atoms with Gasteiger partial charge in [0, 0.05) is 12.6 Å². The first-order valence-corrected chi connectivity index (χ1v) is 12.6. The van der Waals surface area contributed by atoms with Crippen LogP contribution in [0.5, 0.6) is 0 Å². The molecule has 0 aromatic heterocycles. The summed E-state index contributed by atoms with van der Waals surface area (Å²) in [5.41, 5.74) is -0.117. The summed E-state index contributed by atoms with van der Waals surface area (Å²) in [6, 6.07) is 0.0476. The van der Waals surface area contributed by atoms with Gasteiger partial charge >= 0.3 is 0 Å². The van der Waals surface area contributed by atoms with Gasteiger partial charge in [0.15, 0.2) is 0 Å². The van der Waals surface area contributed by atoms with Crippen molar-refractivity contribution in [2.45, 2.75) is 96.1 Å². The van der Waals surface area contributed by atoms with E-state index in [0.717, 1.165) is 68.2 Å². The molecule has 4 heteroatoms. The predicted octanol–water partition coefficient (Wildman–Crippen LogP) is 4.13. The molecule has 5 unspecified atom stereocenters. The van der Waals surface area contributed by atoms with Crippen molar-refractivity contribution in [3.05, 3.63) is 0 Å². The molecular weight excluding hydrogens is 360 g/mol. The third-order valence-electron chi connectivity index (χ3n) is 10.1. The fourth-order valence-corrected chi connectivity index (χ4v) is 9.29. The summed E-state index contributed by atoms with van der Waals surface area (Å²) in [7, 11) is 0. The van der Waals surface area contributed by atoms with Crippen LogP contribution in [0.2, 0.25) is 0 Å². The first kappa shape index (κ1) is 18.7. The Morgan fingerprint density at radius 1 is 0.897 bits per heavy atom. The number of amides is 2. The van der Waals surface area contributed by atoms with Crippen LogP contribution >= 0.6 is 0 Å². The number of carbonyl (C=O) groups is 2. The average Bonchev–Trinajstić information content (AvgIpc) is 3.42. The second-order valence-corrected chi connectivity index (χ2v) is 12.0. The third kappa shape index (κ3) is 2.98. The largest absolute Gasteiger partial charge is 0.352 e. The van der Waals surface area contributed by atoms with E-state index < -0.39 is 0 Å². The summed E-state index contributed by atoms with van der Waals surface area (Å²) >= 11 is 0. The van der Waals surface area contributed by atoms with Crippen LogP contribution in [0.25, 0.3) is 0 Å². The molecule has 7 rings (SSSR count).